The van der Waals surface area contributed by atoms with Gasteiger partial charge >= 0.3 is 5.97 Å². The number of halogens is 1. The fourth-order valence-corrected chi connectivity index (χ4v) is 2.20. The van der Waals surface area contributed by atoms with Gasteiger partial charge in [-0.25, -0.2) is 4.79 Å². The number of hydrogen-bond donors (Lipinski definition) is 1. The lowest BCUT2D eigenvalue weighted by molar-refractivity contribution is -0.123. The van der Waals surface area contributed by atoms with Crippen molar-refractivity contribution in [1.82, 2.24) is 0 Å². The smallest absolute Gasteiger partial charge is 0.340 e. The summed E-state index contributed by atoms with van der Waals surface area (Å²) in [5.74, 6) is -1.04. The number of benzene rings is 2. The van der Waals surface area contributed by atoms with E-state index in [9.17, 15) is 9.59 Å². The Labute approximate surface area is 146 Å². The monoisotopic (exact) mass is 346 g/mol. The number of nitrogens with zero attached hydrogens (tertiary/aromatic N) is 1. The van der Waals surface area contributed by atoms with Crippen molar-refractivity contribution in [3.05, 3.63) is 59.1 Å². The SMILES string of the molecule is C[C@H](OC(=O)c1ccccc1Cl)C(=O)Nc1ccc(N(C)C)cc1. The van der Waals surface area contributed by atoms with Gasteiger partial charge in [-0.2, -0.15) is 0 Å². The molecular weight excluding hydrogens is 328 g/mol. The Kier molecular flexibility index (Phi) is 5.82. The van der Waals surface area contributed by atoms with E-state index in [1.54, 1.807) is 36.4 Å². The van der Waals surface area contributed by atoms with Crippen molar-refractivity contribution in [2.75, 3.05) is 24.3 Å². The van der Waals surface area contributed by atoms with E-state index in [1.807, 2.05) is 31.1 Å². The zero-order valence-electron chi connectivity index (χ0n) is 13.7. The second-order valence-electron chi connectivity index (χ2n) is 5.46. The van der Waals surface area contributed by atoms with Crippen molar-refractivity contribution in [1.29, 1.82) is 0 Å². The van der Waals surface area contributed by atoms with Gasteiger partial charge in [0.2, 0.25) is 0 Å². The molecule has 1 amide bonds. The van der Waals surface area contributed by atoms with Crippen LogP contribution in [0.5, 0.6) is 0 Å². The fraction of sp³-hybridized carbons (Fsp3) is 0.222. The molecular formula is C18H19ClN2O3. The molecule has 24 heavy (non-hydrogen) atoms. The first-order chi connectivity index (χ1) is 11.4. The van der Waals surface area contributed by atoms with Crippen LogP contribution in [0.1, 0.15) is 17.3 Å². The summed E-state index contributed by atoms with van der Waals surface area (Å²) < 4.78 is 5.17. The Balaban J connectivity index is 1.97. The molecule has 1 atom stereocenters. The molecule has 0 aliphatic carbocycles. The van der Waals surface area contributed by atoms with Crippen molar-refractivity contribution < 1.29 is 14.3 Å². The lowest BCUT2D eigenvalue weighted by Crippen LogP contribution is -2.30. The molecule has 0 heterocycles. The summed E-state index contributed by atoms with van der Waals surface area (Å²) in [6.45, 7) is 1.51. The lowest BCUT2D eigenvalue weighted by atomic mass is 10.2. The fourth-order valence-electron chi connectivity index (χ4n) is 1.99. The van der Waals surface area contributed by atoms with Gasteiger partial charge in [-0.3, -0.25) is 4.79 Å². The predicted octanol–water partition coefficient (Wildman–Crippen LogP) is 3.59. The maximum Gasteiger partial charge on any atom is 0.340 e. The van der Waals surface area contributed by atoms with E-state index in [-0.39, 0.29) is 10.6 Å². The van der Waals surface area contributed by atoms with Crippen LogP contribution in [0.15, 0.2) is 48.5 Å². The van der Waals surface area contributed by atoms with E-state index in [1.165, 1.54) is 6.92 Å². The number of esters is 1. The number of carbonyl (C=O) groups is 2. The van der Waals surface area contributed by atoms with E-state index in [2.05, 4.69) is 5.32 Å². The summed E-state index contributed by atoms with van der Waals surface area (Å²) in [4.78, 5) is 26.2. The number of amides is 1. The molecule has 0 fully saturated rings. The van der Waals surface area contributed by atoms with Gasteiger partial charge in [-0.15, -0.1) is 0 Å². The van der Waals surface area contributed by atoms with Gasteiger partial charge in [-0.1, -0.05) is 23.7 Å². The highest BCUT2D eigenvalue weighted by Crippen LogP contribution is 2.18. The van der Waals surface area contributed by atoms with Crippen molar-refractivity contribution in [3.8, 4) is 0 Å². The van der Waals surface area contributed by atoms with E-state index in [4.69, 9.17) is 16.3 Å². The van der Waals surface area contributed by atoms with Crippen LogP contribution in [-0.2, 0) is 9.53 Å². The Morgan fingerprint density at radius 3 is 2.29 bits per heavy atom. The summed E-state index contributed by atoms with van der Waals surface area (Å²) in [6, 6.07) is 13.9. The Morgan fingerprint density at radius 1 is 1.08 bits per heavy atom. The van der Waals surface area contributed by atoms with E-state index < -0.39 is 18.0 Å². The van der Waals surface area contributed by atoms with Crippen LogP contribution in [0, 0.1) is 0 Å². The molecule has 0 unspecified atom stereocenters. The molecule has 0 aromatic heterocycles. The molecule has 0 saturated heterocycles. The zero-order chi connectivity index (χ0) is 17.7. The van der Waals surface area contributed by atoms with Crippen LogP contribution in [-0.4, -0.2) is 32.1 Å². The van der Waals surface area contributed by atoms with Crippen LogP contribution in [0.3, 0.4) is 0 Å². The summed E-state index contributed by atoms with van der Waals surface area (Å²) in [6.07, 6.45) is -0.942. The summed E-state index contributed by atoms with van der Waals surface area (Å²) in [5, 5.41) is 3.00. The average Bonchev–Trinajstić information content (AvgIpc) is 2.55. The third kappa shape index (κ3) is 4.49. The molecule has 2 aromatic rings. The van der Waals surface area contributed by atoms with Gasteiger partial charge in [0.15, 0.2) is 6.10 Å². The van der Waals surface area contributed by atoms with Crippen LogP contribution in [0.25, 0.3) is 0 Å². The Morgan fingerprint density at radius 2 is 1.71 bits per heavy atom. The maximum absolute atomic E-state index is 12.2. The highest BCUT2D eigenvalue weighted by molar-refractivity contribution is 6.33. The minimum absolute atomic E-state index is 0.231. The second kappa shape index (κ2) is 7.84. The van der Waals surface area contributed by atoms with Crippen molar-refractivity contribution >= 4 is 34.9 Å². The number of nitrogens with one attached hydrogen (secondary N) is 1. The standard InChI is InChI=1S/C18H19ClN2O3/c1-12(24-18(23)15-6-4-5-7-16(15)19)17(22)20-13-8-10-14(11-9-13)21(2)3/h4-12H,1-3H3,(H,20,22)/t12-/m0/s1. The molecule has 0 spiro atoms. The highest BCUT2D eigenvalue weighted by atomic mass is 35.5. The Hall–Kier alpha value is -2.53. The van der Waals surface area contributed by atoms with E-state index in [0.29, 0.717) is 5.69 Å². The van der Waals surface area contributed by atoms with Gasteiger partial charge < -0.3 is 15.0 Å². The molecule has 2 rings (SSSR count). The topological polar surface area (TPSA) is 58.6 Å². The van der Waals surface area contributed by atoms with Gasteiger partial charge in [-0.05, 0) is 43.3 Å². The number of rotatable bonds is 5. The summed E-state index contributed by atoms with van der Waals surface area (Å²) >= 11 is 5.95. The van der Waals surface area contributed by atoms with Gasteiger partial charge in [0.25, 0.3) is 5.91 Å². The highest BCUT2D eigenvalue weighted by Gasteiger charge is 2.20. The van der Waals surface area contributed by atoms with E-state index in [0.717, 1.165) is 5.69 Å². The van der Waals surface area contributed by atoms with Crippen molar-refractivity contribution in [2.45, 2.75) is 13.0 Å². The van der Waals surface area contributed by atoms with Crippen LogP contribution in [0.4, 0.5) is 11.4 Å². The minimum atomic E-state index is -0.942. The minimum Gasteiger partial charge on any atom is -0.449 e. The molecule has 126 valence electrons. The third-order valence-electron chi connectivity index (χ3n) is 3.40. The number of anilines is 2. The van der Waals surface area contributed by atoms with Crippen LogP contribution >= 0.6 is 11.6 Å². The summed E-state index contributed by atoms with van der Waals surface area (Å²) in [5.41, 5.74) is 1.88. The molecule has 1 N–H and O–H groups in total. The number of carbonyl (C=O) groups excluding carboxylic acids is 2. The Bertz CT molecular complexity index is 729. The maximum atomic E-state index is 12.2. The average molecular weight is 347 g/mol. The second-order valence-corrected chi connectivity index (χ2v) is 5.87. The molecule has 0 bridgehead atoms. The van der Waals surface area contributed by atoms with Crippen molar-refractivity contribution in [3.63, 3.8) is 0 Å². The number of ether oxygens (including phenoxy) is 1. The molecule has 0 aliphatic rings. The molecule has 5 nitrogen and oxygen atoms in total. The van der Waals surface area contributed by atoms with Gasteiger partial charge in [0, 0.05) is 25.5 Å². The zero-order valence-corrected chi connectivity index (χ0v) is 14.5. The predicted molar refractivity (Wildman–Crippen MR) is 95.7 cm³/mol. The molecule has 0 aliphatic heterocycles. The quantitative estimate of drug-likeness (QED) is 0.840. The van der Waals surface area contributed by atoms with Crippen LogP contribution in [0.2, 0.25) is 5.02 Å². The molecule has 0 saturated carbocycles. The summed E-state index contributed by atoms with van der Waals surface area (Å²) in [7, 11) is 3.87. The molecule has 6 heteroatoms. The first kappa shape index (κ1) is 17.8. The number of hydrogen-bond acceptors (Lipinski definition) is 4. The molecule has 2 aromatic carbocycles. The van der Waals surface area contributed by atoms with Gasteiger partial charge in [0.1, 0.15) is 0 Å². The van der Waals surface area contributed by atoms with Crippen molar-refractivity contribution in [2.24, 2.45) is 0 Å². The normalized spacial score (nSPS) is 11.5. The third-order valence-corrected chi connectivity index (χ3v) is 3.73. The first-order valence-electron chi connectivity index (χ1n) is 7.42. The van der Waals surface area contributed by atoms with Crippen LogP contribution < -0.4 is 10.2 Å². The van der Waals surface area contributed by atoms with E-state index >= 15 is 0 Å². The lowest BCUT2D eigenvalue weighted by Gasteiger charge is -2.15. The van der Waals surface area contributed by atoms with Gasteiger partial charge in [0.05, 0.1) is 10.6 Å². The molecule has 0 radical (unpaired) electrons. The first-order valence-corrected chi connectivity index (χ1v) is 7.80. The largest absolute Gasteiger partial charge is 0.449 e.